The number of ketones is 1. The van der Waals surface area contributed by atoms with Gasteiger partial charge in [-0.15, -0.1) is 11.8 Å². The highest BCUT2D eigenvalue weighted by Crippen LogP contribution is 2.46. The van der Waals surface area contributed by atoms with Crippen LogP contribution in [0.5, 0.6) is 5.75 Å². The number of nitro benzene ring substituents is 1. The van der Waals surface area contributed by atoms with E-state index in [0.717, 1.165) is 28.9 Å². The lowest BCUT2D eigenvalue weighted by atomic mass is 9.91. The summed E-state index contributed by atoms with van der Waals surface area (Å²) in [5.41, 5.74) is -0.188. The molecule has 2 aromatic rings. The van der Waals surface area contributed by atoms with Gasteiger partial charge in [0.05, 0.1) is 16.2 Å². The monoisotopic (exact) mass is 462 g/mol. The van der Waals surface area contributed by atoms with Gasteiger partial charge in [0.15, 0.2) is 5.78 Å². The van der Waals surface area contributed by atoms with Crippen molar-refractivity contribution in [3.8, 4) is 5.75 Å². The Labute approximate surface area is 187 Å². The lowest BCUT2D eigenvalue weighted by Gasteiger charge is -2.51. The number of nitro groups is 1. The Morgan fingerprint density at radius 1 is 1.19 bits per heavy atom. The first-order chi connectivity index (χ1) is 14.7. The molecule has 1 aliphatic rings. The molecule has 0 radical (unpaired) electrons. The number of nitrogens with zero attached hydrogens (tertiary/aromatic N) is 2. The van der Waals surface area contributed by atoms with Gasteiger partial charge in [0.25, 0.3) is 10.7 Å². The summed E-state index contributed by atoms with van der Waals surface area (Å²) < 4.78 is 5.23. The maximum atomic E-state index is 13.0. The molecule has 0 N–H and O–H groups in total. The van der Waals surface area contributed by atoms with E-state index in [-0.39, 0.29) is 11.4 Å². The van der Waals surface area contributed by atoms with Crippen molar-refractivity contribution in [1.29, 1.82) is 0 Å². The van der Waals surface area contributed by atoms with Crippen molar-refractivity contribution in [3.63, 3.8) is 0 Å². The lowest BCUT2D eigenvalue weighted by molar-refractivity contribution is -0.384. The highest BCUT2D eigenvalue weighted by atomic mass is 35.5. The first-order valence-corrected chi connectivity index (χ1v) is 10.7. The standard InChI is InChI=1S/C21H19ClN2O6S/c1-3-17-18(26)23(19(17)31-16-7-5-4-6-8-16)21(22,13(2)25)20(27)30-15-11-9-14(10-12-15)24(28)29/h4-12,17,19H,3H2,1-2H3/t17-,19+,21+/m0/s1. The number of carbonyl (C=O) groups is 3. The second-order valence-electron chi connectivity index (χ2n) is 6.86. The Hall–Kier alpha value is -2.91. The first-order valence-electron chi connectivity index (χ1n) is 9.41. The second kappa shape index (κ2) is 9.07. The fourth-order valence-corrected chi connectivity index (χ4v) is 4.94. The number of non-ortho nitro benzene ring substituents is 1. The maximum absolute atomic E-state index is 13.0. The topological polar surface area (TPSA) is 107 Å². The van der Waals surface area contributed by atoms with Crippen LogP contribution in [-0.2, 0) is 14.4 Å². The molecule has 1 fully saturated rings. The highest BCUT2D eigenvalue weighted by Gasteiger charge is 2.62. The third-order valence-corrected chi connectivity index (χ3v) is 6.85. The van der Waals surface area contributed by atoms with Gasteiger partial charge in [0.1, 0.15) is 5.75 Å². The summed E-state index contributed by atoms with van der Waals surface area (Å²) in [5.74, 6) is -2.76. The third-order valence-electron chi connectivity index (χ3n) is 4.92. The molecule has 1 aliphatic heterocycles. The fourth-order valence-electron chi connectivity index (χ4n) is 3.22. The van der Waals surface area contributed by atoms with Crippen molar-refractivity contribution in [1.82, 2.24) is 4.90 Å². The van der Waals surface area contributed by atoms with Gasteiger partial charge in [0.2, 0.25) is 5.91 Å². The van der Waals surface area contributed by atoms with E-state index in [2.05, 4.69) is 0 Å². The van der Waals surface area contributed by atoms with E-state index in [1.54, 1.807) is 0 Å². The van der Waals surface area contributed by atoms with Gasteiger partial charge < -0.3 is 4.74 Å². The van der Waals surface area contributed by atoms with E-state index in [4.69, 9.17) is 16.3 Å². The number of likely N-dealkylation sites (tertiary alicyclic amines) is 1. The largest absolute Gasteiger partial charge is 0.424 e. The van der Waals surface area contributed by atoms with Crippen LogP contribution < -0.4 is 4.74 Å². The van der Waals surface area contributed by atoms with Crippen molar-refractivity contribution in [2.24, 2.45) is 5.92 Å². The number of benzene rings is 2. The van der Waals surface area contributed by atoms with Gasteiger partial charge >= 0.3 is 5.97 Å². The molecule has 0 bridgehead atoms. The molecule has 0 unspecified atom stereocenters. The Morgan fingerprint density at radius 2 is 1.81 bits per heavy atom. The van der Waals surface area contributed by atoms with Crippen molar-refractivity contribution in [2.45, 2.75) is 35.5 Å². The molecule has 0 saturated carbocycles. The maximum Gasteiger partial charge on any atom is 0.361 e. The lowest BCUT2D eigenvalue weighted by Crippen LogP contribution is -2.71. The van der Waals surface area contributed by atoms with E-state index < -0.39 is 38.9 Å². The van der Waals surface area contributed by atoms with Gasteiger partial charge in [-0.05, 0) is 37.6 Å². The Morgan fingerprint density at radius 3 is 2.32 bits per heavy atom. The summed E-state index contributed by atoms with van der Waals surface area (Å²) >= 11 is 7.83. The molecule has 0 aromatic heterocycles. The van der Waals surface area contributed by atoms with E-state index in [1.807, 2.05) is 37.3 Å². The second-order valence-corrected chi connectivity index (χ2v) is 8.60. The minimum atomic E-state index is -2.35. The molecule has 8 nitrogen and oxygen atoms in total. The first kappa shape index (κ1) is 22.8. The average molecular weight is 463 g/mol. The summed E-state index contributed by atoms with van der Waals surface area (Å²) in [7, 11) is 0. The predicted molar refractivity (Wildman–Crippen MR) is 115 cm³/mol. The van der Waals surface area contributed by atoms with Gasteiger partial charge in [-0.3, -0.25) is 24.6 Å². The zero-order chi connectivity index (χ0) is 22.8. The number of amides is 1. The van der Waals surface area contributed by atoms with E-state index in [9.17, 15) is 24.5 Å². The number of ether oxygens (including phenoxy) is 1. The van der Waals surface area contributed by atoms with Crippen molar-refractivity contribution in [2.75, 3.05) is 0 Å². The molecule has 3 atom stereocenters. The van der Waals surface area contributed by atoms with Crippen LogP contribution in [0.4, 0.5) is 5.69 Å². The van der Waals surface area contributed by atoms with Crippen LogP contribution in [-0.4, -0.2) is 37.9 Å². The molecule has 1 saturated heterocycles. The quantitative estimate of drug-likeness (QED) is 0.0852. The van der Waals surface area contributed by atoms with Crippen molar-refractivity contribution < 1.29 is 24.0 Å². The summed E-state index contributed by atoms with van der Waals surface area (Å²) in [6, 6.07) is 14.0. The molecule has 0 spiro atoms. The Kier molecular flexibility index (Phi) is 6.66. The summed E-state index contributed by atoms with van der Waals surface area (Å²) in [5, 5.41) is 10.2. The number of rotatable bonds is 8. The number of halogens is 1. The van der Waals surface area contributed by atoms with E-state index >= 15 is 0 Å². The summed E-state index contributed by atoms with van der Waals surface area (Å²) in [6.07, 6.45) is 0.516. The number of esters is 1. The predicted octanol–water partition coefficient (Wildman–Crippen LogP) is 4.01. The van der Waals surface area contributed by atoms with Crippen LogP contribution in [0.2, 0.25) is 0 Å². The summed E-state index contributed by atoms with van der Waals surface area (Å²) in [6.45, 7) is 2.96. The van der Waals surface area contributed by atoms with E-state index in [0.29, 0.717) is 6.42 Å². The minimum absolute atomic E-state index is 0.0332. The number of hydrogen-bond donors (Lipinski definition) is 0. The molecule has 162 valence electrons. The normalized spacial score (nSPS) is 19.8. The molecule has 31 heavy (non-hydrogen) atoms. The van der Waals surface area contributed by atoms with Crippen molar-refractivity contribution >= 4 is 46.7 Å². The van der Waals surface area contributed by atoms with Crippen molar-refractivity contribution in [3.05, 3.63) is 64.7 Å². The zero-order valence-electron chi connectivity index (χ0n) is 16.7. The number of hydrogen-bond acceptors (Lipinski definition) is 7. The Balaban J connectivity index is 1.88. The van der Waals surface area contributed by atoms with Crippen LogP contribution in [0.15, 0.2) is 59.5 Å². The number of carbonyl (C=O) groups excluding carboxylic acids is 3. The number of thioether (sulfide) groups is 1. The molecule has 1 amide bonds. The van der Waals surface area contributed by atoms with Gasteiger partial charge in [-0.25, -0.2) is 4.79 Å². The van der Waals surface area contributed by atoms with Crippen LogP contribution in [0.1, 0.15) is 20.3 Å². The Bertz CT molecular complexity index is 1020. The van der Waals surface area contributed by atoms with Crippen LogP contribution in [0.25, 0.3) is 0 Å². The van der Waals surface area contributed by atoms with Crippen LogP contribution in [0.3, 0.4) is 0 Å². The van der Waals surface area contributed by atoms with E-state index in [1.165, 1.54) is 23.9 Å². The molecule has 3 rings (SSSR count). The molecular weight excluding hydrogens is 444 g/mol. The molecule has 10 heteroatoms. The molecule has 0 aliphatic carbocycles. The zero-order valence-corrected chi connectivity index (χ0v) is 18.3. The minimum Gasteiger partial charge on any atom is -0.424 e. The fraction of sp³-hybridized carbons (Fsp3) is 0.286. The SMILES string of the molecule is CC[C@H]1C(=O)N([C@](Cl)(C(C)=O)C(=O)Oc2ccc([N+](=O)[O-])cc2)[C@@H]1Sc1ccccc1. The highest BCUT2D eigenvalue weighted by molar-refractivity contribution is 8.00. The summed E-state index contributed by atoms with van der Waals surface area (Å²) in [4.78, 5) is 48.0. The third kappa shape index (κ3) is 4.28. The average Bonchev–Trinajstić information content (AvgIpc) is 2.74. The van der Waals surface area contributed by atoms with Gasteiger partial charge in [0, 0.05) is 17.0 Å². The number of alkyl halides is 1. The van der Waals surface area contributed by atoms with Gasteiger partial charge in [-0.1, -0.05) is 36.7 Å². The number of β-lactam (4-membered cyclic amide) rings is 1. The van der Waals surface area contributed by atoms with Gasteiger partial charge in [-0.2, -0.15) is 0 Å². The molecule has 2 aromatic carbocycles. The van der Waals surface area contributed by atoms with Crippen LogP contribution in [0, 0.1) is 16.0 Å². The van der Waals surface area contributed by atoms with Crippen LogP contribution >= 0.6 is 23.4 Å². The number of Topliss-reactive ketones (excluding diaryl/α,β-unsaturated/α-hetero) is 1. The molecule has 1 heterocycles. The molecular formula is C21H19ClN2O6S. The smallest absolute Gasteiger partial charge is 0.361 e.